The van der Waals surface area contributed by atoms with Crippen molar-refractivity contribution in [3.63, 3.8) is 0 Å². The molecule has 0 amide bonds. The van der Waals surface area contributed by atoms with Crippen molar-refractivity contribution in [1.29, 1.82) is 0 Å². The number of carbonyl (C=O) groups is 2. The van der Waals surface area contributed by atoms with Gasteiger partial charge in [-0.05, 0) is 12.8 Å². The van der Waals surface area contributed by atoms with Crippen molar-refractivity contribution >= 4 is 11.9 Å². The molecule has 0 bridgehead atoms. The summed E-state index contributed by atoms with van der Waals surface area (Å²) >= 11 is 0. The van der Waals surface area contributed by atoms with E-state index in [1.807, 2.05) is 6.92 Å². The first-order chi connectivity index (χ1) is 6.95. The van der Waals surface area contributed by atoms with Crippen molar-refractivity contribution in [1.82, 2.24) is 0 Å². The molecule has 0 spiro atoms. The van der Waals surface area contributed by atoms with Gasteiger partial charge >= 0.3 is 11.9 Å². The number of carboxylic acid groups (broad SMARTS) is 2. The Labute approximate surface area is 91.3 Å². The summed E-state index contributed by atoms with van der Waals surface area (Å²) in [6.45, 7) is 5.61. The summed E-state index contributed by atoms with van der Waals surface area (Å²) in [6, 6.07) is 0. The van der Waals surface area contributed by atoms with Crippen LogP contribution in [-0.4, -0.2) is 22.2 Å². The second-order valence-corrected chi connectivity index (χ2v) is 3.50. The Hall–Kier alpha value is -1.06. The number of carboxylic acids is 2. The fourth-order valence-electron chi connectivity index (χ4n) is 0.701. The van der Waals surface area contributed by atoms with Gasteiger partial charge in [-0.15, -0.1) is 0 Å². The van der Waals surface area contributed by atoms with Crippen LogP contribution >= 0.6 is 0 Å². The zero-order chi connectivity index (χ0) is 12.3. The highest BCUT2D eigenvalue weighted by atomic mass is 16.4. The summed E-state index contributed by atoms with van der Waals surface area (Å²) in [6.07, 6.45) is 3.99. The fourth-order valence-corrected chi connectivity index (χ4v) is 0.701. The van der Waals surface area contributed by atoms with E-state index in [9.17, 15) is 9.59 Å². The molecular weight excluding hydrogens is 196 g/mol. The van der Waals surface area contributed by atoms with E-state index in [2.05, 4.69) is 6.92 Å². The number of aliphatic carboxylic acids is 2. The molecule has 0 rings (SSSR count). The Morgan fingerprint density at radius 1 is 1.13 bits per heavy atom. The highest BCUT2D eigenvalue weighted by Crippen LogP contribution is 1.98. The smallest absolute Gasteiger partial charge is 0.306 e. The Kier molecular flexibility index (Phi) is 12.0. The molecule has 4 nitrogen and oxygen atoms in total. The third kappa shape index (κ3) is 15.7. The summed E-state index contributed by atoms with van der Waals surface area (Å²) in [5.74, 6) is -1.57. The Bertz CT molecular complexity index is 177. The maximum absolute atomic E-state index is 9.93. The highest BCUT2D eigenvalue weighted by molar-refractivity contribution is 5.69. The van der Waals surface area contributed by atoms with E-state index in [-0.39, 0.29) is 5.92 Å². The van der Waals surface area contributed by atoms with Crippen molar-refractivity contribution in [2.24, 2.45) is 5.92 Å². The molecule has 0 saturated heterocycles. The lowest BCUT2D eigenvalue weighted by Gasteiger charge is -1.96. The molecule has 0 radical (unpaired) electrons. The molecule has 0 aromatic rings. The van der Waals surface area contributed by atoms with Crippen LogP contribution in [0.4, 0.5) is 0 Å². The van der Waals surface area contributed by atoms with E-state index in [0.29, 0.717) is 6.42 Å². The van der Waals surface area contributed by atoms with E-state index in [1.165, 1.54) is 0 Å². The molecule has 0 fully saturated rings. The molecule has 1 unspecified atom stereocenters. The van der Waals surface area contributed by atoms with Gasteiger partial charge in [-0.3, -0.25) is 9.59 Å². The number of hydrogen-bond acceptors (Lipinski definition) is 2. The van der Waals surface area contributed by atoms with Gasteiger partial charge in [0.1, 0.15) is 0 Å². The van der Waals surface area contributed by atoms with Gasteiger partial charge in [-0.1, -0.05) is 33.6 Å². The summed E-state index contributed by atoms with van der Waals surface area (Å²) < 4.78 is 0. The van der Waals surface area contributed by atoms with Gasteiger partial charge in [0.2, 0.25) is 0 Å². The average Bonchev–Trinajstić information content (AvgIpc) is 2.17. The fraction of sp³-hybridized carbons (Fsp3) is 0.818. The van der Waals surface area contributed by atoms with Gasteiger partial charge < -0.3 is 10.2 Å². The minimum absolute atomic E-state index is 0.181. The second kappa shape index (κ2) is 11.0. The molecule has 4 heteroatoms. The lowest BCUT2D eigenvalue weighted by Crippen LogP contribution is -2.06. The average molecular weight is 218 g/mol. The Morgan fingerprint density at radius 3 is 1.87 bits per heavy atom. The van der Waals surface area contributed by atoms with Crippen LogP contribution in [0.3, 0.4) is 0 Å². The monoisotopic (exact) mass is 218 g/mol. The predicted octanol–water partition coefficient (Wildman–Crippen LogP) is 2.77. The lowest BCUT2D eigenvalue weighted by molar-refractivity contribution is -0.141. The van der Waals surface area contributed by atoms with Crippen LogP contribution in [0.2, 0.25) is 0 Å². The predicted molar refractivity (Wildman–Crippen MR) is 58.9 cm³/mol. The zero-order valence-corrected chi connectivity index (χ0v) is 9.82. The second-order valence-electron chi connectivity index (χ2n) is 3.50. The first kappa shape index (κ1) is 16.4. The summed E-state index contributed by atoms with van der Waals surface area (Å²) in [5.41, 5.74) is 0. The molecule has 15 heavy (non-hydrogen) atoms. The third-order valence-corrected chi connectivity index (χ3v) is 2.03. The quantitative estimate of drug-likeness (QED) is 0.672. The molecule has 2 N–H and O–H groups in total. The van der Waals surface area contributed by atoms with E-state index in [4.69, 9.17) is 10.2 Å². The highest BCUT2D eigenvalue weighted by Gasteiger charge is 2.05. The van der Waals surface area contributed by atoms with Gasteiger partial charge in [-0.25, -0.2) is 0 Å². The van der Waals surface area contributed by atoms with Crippen LogP contribution in [0, 0.1) is 5.92 Å². The molecule has 0 aliphatic rings. The molecule has 90 valence electrons. The van der Waals surface area contributed by atoms with E-state index in [0.717, 1.165) is 25.7 Å². The molecule has 0 aliphatic heterocycles. The minimum Gasteiger partial charge on any atom is -0.481 e. The molecule has 0 saturated carbocycles. The van der Waals surface area contributed by atoms with Crippen LogP contribution < -0.4 is 0 Å². The van der Waals surface area contributed by atoms with Gasteiger partial charge in [0, 0.05) is 6.42 Å². The normalized spacial score (nSPS) is 11.1. The maximum atomic E-state index is 9.93. The Balaban J connectivity index is 0. The maximum Gasteiger partial charge on any atom is 0.306 e. The minimum atomic E-state index is -0.706. The van der Waals surface area contributed by atoms with Crippen LogP contribution in [0.5, 0.6) is 0 Å². The Morgan fingerprint density at radius 2 is 1.67 bits per heavy atom. The molecule has 0 aliphatic carbocycles. The first-order valence-electron chi connectivity index (χ1n) is 5.40. The van der Waals surface area contributed by atoms with Crippen LogP contribution in [0.1, 0.15) is 52.9 Å². The molecule has 1 atom stereocenters. The van der Waals surface area contributed by atoms with Crippen molar-refractivity contribution in [3.8, 4) is 0 Å². The standard InChI is InChI=1S/C6H12O2.C5H10O2/c1-2-3-4-5-6(7)8;1-3-4(2)5(6)7/h2-5H2,1H3,(H,7,8);4H,3H2,1-2H3,(H,6,7). The number of hydrogen-bond donors (Lipinski definition) is 2. The van der Waals surface area contributed by atoms with Gasteiger partial charge in [0.05, 0.1) is 5.92 Å². The third-order valence-electron chi connectivity index (χ3n) is 2.03. The molecule has 0 heterocycles. The van der Waals surface area contributed by atoms with Crippen molar-refractivity contribution < 1.29 is 19.8 Å². The lowest BCUT2D eigenvalue weighted by atomic mass is 10.1. The first-order valence-corrected chi connectivity index (χ1v) is 5.40. The topological polar surface area (TPSA) is 74.6 Å². The molecule has 0 aromatic carbocycles. The SMILES string of the molecule is CCC(C)C(=O)O.CCCCCC(=O)O. The molecule has 0 aromatic heterocycles. The van der Waals surface area contributed by atoms with Crippen LogP contribution in [0.25, 0.3) is 0 Å². The number of unbranched alkanes of at least 4 members (excludes halogenated alkanes) is 2. The van der Waals surface area contributed by atoms with E-state index < -0.39 is 11.9 Å². The van der Waals surface area contributed by atoms with Gasteiger partial charge in [0.25, 0.3) is 0 Å². The van der Waals surface area contributed by atoms with Crippen molar-refractivity contribution in [2.45, 2.75) is 52.9 Å². The van der Waals surface area contributed by atoms with Crippen molar-refractivity contribution in [2.75, 3.05) is 0 Å². The zero-order valence-electron chi connectivity index (χ0n) is 9.82. The van der Waals surface area contributed by atoms with Crippen LogP contribution in [0.15, 0.2) is 0 Å². The van der Waals surface area contributed by atoms with Gasteiger partial charge in [-0.2, -0.15) is 0 Å². The summed E-state index contributed by atoms with van der Waals surface area (Å²) in [4.78, 5) is 19.8. The van der Waals surface area contributed by atoms with Crippen LogP contribution in [-0.2, 0) is 9.59 Å². The molecular formula is C11H22O4. The van der Waals surface area contributed by atoms with Gasteiger partial charge in [0.15, 0.2) is 0 Å². The summed E-state index contributed by atoms with van der Waals surface area (Å²) in [7, 11) is 0. The van der Waals surface area contributed by atoms with Crippen molar-refractivity contribution in [3.05, 3.63) is 0 Å². The summed E-state index contributed by atoms with van der Waals surface area (Å²) in [5, 5.41) is 16.3. The van der Waals surface area contributed by atoms with E-state index in [1.54, 1.807) is 6.92 Å². The largest absolute Gasteiger partial charge is 0.481 e. The van der Waals surface area contributed by atoms with E-state index >= 15 is 0 Å². The number of rotatable bonds is 6.